The summed E-state index contributed by atoms with van der Waals surface area (Å²) in [5.41, 5.74) is 4.40. The first-order chi connectivity index (χ1) is 10.0. The highest BCUT2D eigenvalue weighted by molar-refractivity contribution is 5.48. The number of nitrogens with zero attached hydrogens (tertiary/aromatic N) is 1. The predicted octanol–water partition coefficient (Wildman–Crippen LogP) is 3.90. The Balaban J connectivity index is 2.40. The van der Waals surface area contributed by atoms with Gasteiger partial charge in [-0.15, -0.1) is 0 Å². The lowest BCUT2D eigenvalue weighted by Crippen LogP contribution is -2.23. The van der Waals surface area contributed by atoms with Gasteiger partial charge < -0.3 is 10.2 Å². The number of rotatable bonds is 5. The van der Waals surface area contributed by atoms with E-state index in [-0.39, 0.29) is 11.9 Å². The van der Waals surface area contributed by atoms with E-state index in [1.165, 1.54) is 6.07 Å². The standard InChI is InChI=1S/C18H23FN2/c1-5-20-18(17-12-15(19)9-6-13(17)2)14-7-10-16(11-8-14)21(3)4/h6-12,18,20H,5H2,1-4H3. The van der Waals surface area contributed by atoms with Gasteiger partial charge in [-0.2, -0.15) is 0 Å². The Labute approximate surface area is 126 Å². The molecule has 21 heavy (non-hydrogen) atoms. The SMILES string of the molecule is CCNC(c1ccc(N(C)C)cc1)c1cc(F)ccc1C. The molecule has 0 saturated carbocycles. The van der Waals surface area contributed by atoms with E-state index >= 15 is 0 Å². The van der Waals surface area contributed by atoms with Crippen molar-refractivity contribution in [3.63, 3.8) is 0 Å². The number of benzene rings is 2. The molecule has 2 aromatic rings. The average Bonchev–Trinajstić information content (AvgIpc) is 2.48. The molecule has 0 bridgehead atoms. The number of aryl methyl sites for hydroxylation is 1. The minimum atomic E-state index is -0.191. The minimum Gasteiger partial charge on any atom is -0.378 e. The Morgan fingerprint density at radius 3 is 2.33 bits per heavy atom. The van der Waals surface area contributed by atoms with Crippen LogP contribution in [0.5, 0.6) is 0 Å². The van der Waals surface area contributed by atoms with Crippen LogP contribution in [-0.2, 0) is 0 Å². The third-order valence-corrected chi connectivity index (χ3v) is 3.70. The molecule has 0 saturated heterocycles. The zero-order valence-electron chi connectivity index (χ0n) is 13.2. The van der Waals surface area contributed by atoms with Crippen molar-refractivity contribution in [2.45, 2.75) is 19.9 Å². The van der Waals surface area contributed by atoms with Crippen molar-refractivity contribution in [3.05, 3.63) is 65.0 Å². The zero-order valence-corrected chi connectivity index (χ0v) is 13.2. The largest absolute Gasteiger partial charge is 0.378 e. The minimum absolute atomic E-state index is 0.0157. The maximum atomic E-state index is 13.6. The van der Waals surface area contributed by atoms with Crippen molar-refractivity contribution in [1.29, 1.82) is 0 Å². The first-order valence-corrected chi connectivity index (χ1v) is 7.29. The molecule has 3 heteroatoms. The van der Waals surface area contributed by atoms with Gasteiger partial charge in [0.2, 0.25) is 0 Å². The second-order valence-corrected chi connectivity index (χ2v) is 5.48. The smallest absolute Gasteiger partial charge is 0.123 e. The molecule has 2 aromatic carbocycles. The highest BCUT2D eigenvalue weighted by Gasteiger charge is 2.16. The molecule has 1 atom stereocenters. The number of hydrogen-bond acceptors (Lipinski definition) is 2. The van der Waals surface area contributed by atoms with Crippen LogP contribution in [-0.4, -0.2) is 20.6 Å². The van der Waals surface area contributed by atoms with Crippen LogP contribution < -0.4 is 10.2 Å². The summed E-state index contributed by atoms with van der Waals surface area (Å²) in [6, 6.07) is 13.4. The third-order valence-electron chi connectivity index (χ3n) is 3.70. The van der Waals surface area contributed by atoms with Gasteiger partial charge in [-0.25, -0.2) is 4.39 Å². The summed E-state index contributed by atoms with van der Waals surface area (Å²) in [7, 11) is 4.04. The van der Waals surface area contributed by atoms with Gasteiger partial charge in [0, 0.05) is 19.8 Å². The molecule has 1 unspecified atom stereocenters. The molecule has 2 rings (SSSR count). The first-order valence-electron chi connectivity index (χ1n) is 7.29. The van der Waals surface area contributed by atoms with Gasteiger partial charge in [-0.3, -0.25) is 0 Å². The lowest BCUT2D eigenvalue weighted by molar-refractivity contribution is 0.600. The van der Waals surface area contributed by atoms with E-state index in [1.807, 2.05) is 27.1 Å². The number of nitrogens with one attached hydrogen (secondary N) is 1. The Bertz CT molecular complexity index is 591. The Morgan fingerprint density at radius 2 is 1.76 bits per heavy atom. The molecule has 0 radical (unpaired) electrons. The fourth-order valence-electron chi connectivity index (χ4n) is 2.50. The van der Waals surface area contributed by atoms with E-state index in [1.54, 1.807) is 6.07 Å². The van der Waals surface area contributed by atoms with Gasteiger partial charge in [-0.1, -0.05) is 25.1 Å². The van der Waals surface area contributed by atoms with E-state index in [4.69, 9.17) is 0 Å². The average molecular weight is 286 g/mol. The summed E-state index contributed by atoms with van der Waals surface area (Å²) in [6.45, 7) is 4.92. The number of hydrogen-bond donors (Lipinski definition) is 1. The molecule has 0 heterocycles. The van der Waals surface area contributed by atoms with Crippen molar-refractivity contribution in [2.75, 3.05) is 25.5 Å². The van der Waals surface area contributed by atoms with Gasteiger partial charge >= 0.3 is 0 Å². The monoisotopic (exact) mass is 286 g/mol. The van der Waals surface area contributed by atoms with E-state index in [2.05, 4.69) is 41.4 Å². The summed E-state index contributed by atoms with van der Waals surface area (Å²) in [4.78, 5) is 2.07. The van der Waals surface area contributed by atoms with E-state index < -0.39 is 0 Å². The molecule has 1 N–H and O–H groups in total. The quantitative estimate of drug-likeness (QED) is 0.897. The number of anilines is 1. The lowest BCUT2D eigenvalue weighted by atomic mass is 9.94. The maximum Gasteiger partial charge on any atom is 0.123 e. The fraction of sp³-hybridized carbons (Fsp3) is 0.333. The van der Waals surface area contributed by atoms with E-state index in [0.717, 1.165) is 28.9 Å². The molecule has 0 amide bonds. The molecular weight excluding hydrogens is 263 g/mol. The summed E-state index contributed by atoms with van der Waals surface area (Å²) < 4.78 is 13.6. The van der Waals surface area contributed by atoms with Crippen LogP contribution >= 0.6 is 0 Å². The van der Waals surface area contributed by atoms with E-state index in [0.29, 0.717) is 0 Å². The van der Waals surface area contributed by atoms with Gasteiger partial charge in [-0.05, 0) is 54.4 Å². The second kappa shape index (κ2) is 6.72. The molecule has 0 aliphatic carbocycles. The van der Waals surface area contributed by atoms with Gasteiger partial charge in [0.05, 0.1) is 6.04 Å². The van der Waals surface area contributed by atoms with Crippen molar-refractivity contribution >= 4 is 5.69 Å². The number of halogens is 1. The molecule has 0 aliphatic heterocycles. The summed E-state index contributed by atoms with van der Waals surface area (Å²) in [5.74, 6) is -0.191. The van der Waals surface area contributed by atoms with Crippen LogP contribution in [0.25, 0.3) is 0 Å². The van der Waals surface area contributed by atoms with Gasteiger partial charge in [0.1, 0.15) is 5.82 Å². The Kier molecular flexibility index (Phi) is 4.97. The van der Waals surface area contributed by atoms with Crippen LogP contribution in [0.2, 0.25) is 0 Å². The van der Waals surface area contributed by atoms with Crippen molar-refractivity contribution in [2.24, 2.45) is 0 Å². The van der Waals surface area contributed by atoms with E-state index in [9.17, 15) is 4.39 Å². The van der Waals surface area contributed by atoms with Crippen molar-refractivity contribution < 1.29 is 4.39 Å². The van der Waals surface area contributed by atoms with Crippen LogP contribution in [0.3, 0.4) is 0 Å². The van der Waals surface area contributed by atoms with Crippen LogP contribution in [0, 0.1) is 12.7 Å². The molecule has 112 valence electrons. The second-order valence-electron chi connectivity index (χ2n) is 5.48. The topological polar surface area (TPSA) is 15.3 Å². The third kappa shape index (κ3) is 3.61. The fourth-order valence-corrected chi connectivity index (χ4v) is 2.50. The van der Waals surface area contributed by atoms with Gasteiger partial charge in [0.25, 0.3) is 0 Å². The zero-order chi connectivity index (χ0) is 15.4. The van der Waals surface area contributed by atoms with Crippen molar-refractivity contribution in [3.8, 4) is 0 Å². The molecular formula is C18H23FN2. The summed E-state index contributed by atoms with van der Waals surface area (Å²) in [6.07, 6.45) is 0. The molecule has 0 aromatic heterocycles. The highest BCUT2D eigenvalue weighted by atomic mass is 19.1. The van der Waals surface area contributed by atoms with Crippen molar-refractivity contribution in [1.82, 2.24) is 5.32 Å². The highest BCUT2D eigenvalue weighted by Crippen LogP contribution is 2.27. The molecule has 0 aliphatic rings. The molecule has 0 spiro atoms. The summed E-state index contributed by atoms with van der Waals surface area (Å²) in [5, 5.41) is 3.45. The molecule has 2 nitrogen and oxygen atoms in total. The van der Waals surface area contributed by atoms with Gasteiger partial charge in [0.15, 0.2) is 0 Å². The maximum absolute atomic E-state index is 13.6. The normalized spacial score (nSPS) is 12.2. The Morgan fingerprint density at radius 1 is 1.10 bits per heavy atom. The summed E-state index contributed by atoms with van der Waals surface area (Å²) >= 11 is 0. The molecule has 0 fully saturated rings. The van der Waals surface area contributed by atoms with Crippen LogP contribution in [0.1, 0.15) is 29.7 Å². The van der Waals surface area contributed by atoms with Crippen LogP contribution in [0.4, 0.5) is 10.1 Å². The Hall–Kier alpha value is -1.87. The lowest BCUT2D eigenvalue weighted by Gasteiger charge is -2.22. The predicted molar refractivity (Wildman–Crippen MR) is 87.4 cm³/mol. The van der Waals surface area contributed by atoms with Crippen LogP contribution in [0.15, 0.2) is 42.5 Å². The first kappa shape index (κ1) is 15.5.